The van der Waals surface area contributed by atoms with Crippen LogP contribution in [0.3, 0.4) is 0 Å². The molecular formula is C38H31BO2. The van der Waals surface area contributed by atoms with Crippen molar-refractivity contribution in [2.24, 2.45) is 0 Å². The van der Waals surface area contributed by atoms with Gasteiger partial charge in [0.2, 0.25) is 0 Å². The van der Waals surface area contributed by atoms with Gasteiger partial charge in [-0.2, -0.15) is 0 Å². The largest absolute Gasteiger partial charge is 0.495 e. The van der Waals surface area contributed by atoms with Gasteiger partial charge in [-0.1, -0.05) is 97.1 Å². The quantitative estimate of drug-likeness (QED) is 0.201. The van der Waals surface area contributed by atoms with E-state index in [9.17, 15) is 0 Å². The van der Waals surface area contributed by atoms with E-state index >= 15 is 0 Å². The van der Waals surface area contributed by atoms with Gasteiger partial charge in [0.15, 0.2) is 0 Å². The number of rotatable bonds is 1. The third-order valence-electron chi connectivity index (χ3n) is 10.6. The zero-order valence-electron chi connectivity index (χ0n) is 23.9. The van der Waals surface area contributed by atoms with Crippen molar-refractivity contribution in [1.29, 1.82) is 0 Å². The van der Waals surface area contributed by atoms with Gasteiger partial charge in [-0.3, -0.25) is 0 Å². The molecule has 0 bridgehead atoms. The molecule has 41 heavy (non-hydrogen) atoms. The second-order valence-corrected chi connectivity index (χ2v) is 13.1. The number of hydrogen-bond acceptors (Lipinski definition) is 2. The Morgan fingerprint density at radius 1 is 0.512 bits per heavy atom. The minimum atomic E-state index is -0.369. The monoisotopic (exact) mass is 530 g/mol. The molecule has 3 heteroatoms. The van der Waals surface area contributed by atoms with E-state index in [2.05, 4.69) is 131 Å². The maximum atomic E-state index is 6.53. The van der Waals surface area contributed by atoms with Gasteiger partial charge in [0.05, 0.1) is 16.6 Å². The van der Waals surface area contributed by atoms with E-state index in [0.717, 1.165) is 11.9 Å². The fourth-order valence-corrected chi connectivity index (χ4v) is 8.02. The highest BCUT2D eigenvalue weighted by atomic mass is 16.7. The van der Waals surface area contributed by atoms with E-state index in [-0.39, 0.29) is 23.7 Å². The Labute approximate surface area is 242 Å². The zero-order valence-corrected chi connectivity index (χ0v) is 23.9. The predicted octanol–water partition coefficient (Wildman–Crippen LogP) is 7.90. The van der Waals surface area contributed by atoms with E-state index < -0.39 is 0 Å². The second kappa shape index (κ2) is 7.67. The maximum Gasteiger partial charge on any atom is 0.495 e. The Kier molecular flexibility index (Phi) is 4.45. The minimum Gasteiger partial charge on any atom is -0.399 e. The van der Waals surface area contributed by atoms with Gasteiger partial charge >= 0.3 is 7.12 Å². The standard InChI is InChI=1S/C38H31BO2/c1-36(2)37(3,4)41-39(40-36)35-19-11-15-24-28-22-29-27-14-7-10-18-33(27)38(34(29)21-23(28)20-30(24)35)31-16-8-5-12-25(31)26-13-6-9-17-32(26)38/h5-19,21-22H,20H2,1-4H3. The second-order valence-electron chi connectivity index (χ2n) is 13.1. The van der Waals surface area contributed by atoms with E-state index in [0.29, 0.717) is 0 Å². The van der Waals surface area contributed by atoms with E-state index in [1.165, 1.54) is 66.8 Å². The van der Waals surface area contributed by atoms with Crippen molar-refractivity contribution in [3.8, 4) is 33.4 Å². The maximum absolute atomic E-state index is 6.53. The molecule has 0 atom stereocenters. The van der Waals surface area contributed by atoms with Crippen LogP contribution in [-0.4, -0.2) is 18.3 Å². The molecule has 1 fully saturated rings. The van der Waals surface area contributed by atoms with Gasteiger partial charge in [-0.25, -0.2) is 0 Å². The molecule has 5 aromatic rings. The summed E-state index contributed by atoms with van der Waals surface area (Å²) in [5.41, 5.74) is 16.4. The van der Waals surface area contributed by atoms with Crippen molar-refractivity contribution in [1.82, 2.24) is 0 Å². The van der Waals surface area contributed by atoms with Crippen molar-refractivity contribution in [3.05, 3.63) is 137 Å². The van der Waals surface area contributed by atoms with Gasteiger partial charge in [0, 0.05) is 0 Å². The Morgan fingerprint density at radius 3 is 1.61 bits per heavy atom. The van der Waals surface area contributed by atoms with Crippen LogP contribution in [0.5, 0.6) is 0 Å². The van der Waals surface area contributed by atoms with E-state index in [1.807, 2.05) is 0 Å². The first-order valence-electron chi connectivity index (χ1n) is 14.8. The predicted molar refractivity (Wildman–Crippen MR) is 167 cm³/mol. The summed E-state index contributed by atoms with van der Waals surface area (Å²) in [6.07, 6.45) is 0.883. The van der Waals surface area contributed by atoms with Crippen LogP contribution in [0.2, 0.25) is 0 Å². The summed E-state index contributed by atoms with van der Waals surface area (Å²) in [5.74, 6) is 0. The fraction of sp³-hybridized carbons (Fsp3) is 0.211. The summed E-state index contributed by atoms with van der Waals surface area (Å²) >= 11 is 0. The lowest BCUT2D eigenvalue weighted by Gasteiger charge is -2.32. The number of fused-ring (bicyclic) bond motifs is 13. The first-order chi connectivity index (χ1) is 19.8. The molecule has 0 saturated carbocycles. The Morgan fingerprint density at radius 2 is 1.02 bits per heavy atom. The summed E-state index contributed by atoms with van der Waals surface area (Å²) in [4.78, 5) is 0. The SMILES string of the molecule is CC1(C)OB(c2cccc3c2Cc2cc4c(cc2-3)-c2ccccc2C42c3ccccc3-c3ccccc32)OC1(C)C. The summed E-state index contributed by atoms with van der Waals surface area (Å²) in [6, 6.07) is 38.7. The topological polar surface area (TPSA) is 18.5 Å². The third-order valence-corrected chi connectivity index (χ3v) is 10.6. The molecule has 0 radical (unpaired) electrons. The summed E-state index contributed by atoms with van der Waals surface area (Å²) in [7, 11) is -0.364. The van der Waals surface area contributed by atoms with Crippen LogP contribution in [-0.2, 0) is 21.1 Å². The van der Waals surface area contributed by atoms with Crippen LogP contribution in [0.1, 0.15) is 61.1 Å². The molecule has 0 N–H and O–H groups in total. The molecule has 1 spiro atoms. The highest BCUT2D eigenvalue weighted by Crippen LogP contribution is 2.63. The summed E-state index contributed by atoms with van der Waals surface area (Å²) < 4.78 is 13.1. The molecule has 4 aliphatic rings. The van der Waals surface area contributed by atoms with Crippen LogP contribution in [0.4, 0.5) is 0 Å². The molecule has 9 rings (SSSR count). The van der Waals surface area contributed by atoms with Gasteiger partial charge in [0.25, 0.3) is 0 Å². The lowest BCUT2D eigenvalue weighted by Crippen LogP contribution is -2.41. The van der Waals surface area contributed by atoms with Crippen LogP contribution in [0, 0.1) is 0 Å². The van der Waals surface area contributed by atoms with Gasteiger partial charge in [-0.15, -0.1) is 0 Å². The van der Waals surface area contributed by atoms with Crippen molar-refractivity contribution < 1.29 is 9.31 Å². The molecule has 3 aliphatic carbocycles. The Hall–Kier alpha value is -3.92. The van der Waals surface area contributed by atoms with Crippen molar-refractivity contribution >= 4 is 12.6 Å². The number of hydrogen-bond donors (Lipinski definition) is 0. The van der Waals surface area contributed by atoms with Gasteiger partial charge in [-0.05, 0) is 112 Å². The molecule has 1 saturated heterocycles. The first kappa shape index (κ1) is 23.8. The summed E-state index contributed by atoms with van der Waals surface area (Å²) in [5, 5.41) is 0. The molecule has 1 aliphatic heterocycles. The van der Waals surface area contributed by atoms with Crippen LogP contribution in [0.25, 0.3) is 33.4 Å². The molecule has 5 aromatic carbocycles. The summed E-state index contributed by atoms with van der Waals surface area (Å²) in [6.45, 7) is 8.51. The minimum absolute atomic E-state index is 0.308. The molecule has 0 aromatic heterocycles. The highest BCUT2D eigenvalue weighted by Gasteiger charge is 2.54. The zero-order chi connectivity index (χ0) is 27.7. The lowest BCUT2D eigenvalue weighted by atomic mass is 9.70. The van der Waals surface area contributed by atoms with Crippen molar-refractivity contribution in [2.45, 2.75) is 50.7 Å². The average Bonchev–Trinajstić information content (AvgIpc) is 3.64. The Balaban J connectivity index is 1.28. The number of benzene rings is 5. The Bertz CT molecular complexity index is 1890. The molecule has 1 heterocycles. The van der Waals surface area contributed by atoms with Gasteiger partial charge < -0.3 is 9.31 Å². The third kappa shape index (κ3) is 2.81. The van der Waals surface area contributed by atoms with E-state index in [1.54, 1.807) is 0 Å². The van der Waals surface area contributed by atoms with E-state index in [4.69, 9.17) is 9.31 Å². The lowest BCUT2D eigenvalue weighted by molar-refractivity contribution is 0.00578. The van der Waals surface area contributed by atoms with Crippen molar-refractivity contribution in [3.63, 3.8) is 0 Å². The van der Waals surface area contributed by atoms with Crippen LogP contribution < -0.4 is 5.46 Å². The molecular weight excluding hydrogens is 499 g/mol. The van der Waals surface area contributed by atoms with Crippen LogP contribution >= 0.6 is 0 Å². The molecule has 0 amide bonds. The average molecular weight is 530 g/mol. The first-order valence-corrected chi connectivity index (χ1v) is 14.8. The highest BCUT2D eigenvalue weighted by molar-refractivity contribution is 6.63. The van der Waals surface area contributed by atoms with Crippen molar-refractivity contribution in [2.75, 3.05) is 0 Å². The van der Waals surface area contributed by atoms with Crippen LogP contribution in [0.15, 0.2) is 103 Å². The smallest absolute Gasteiger partial charge is 0.399 e. The molecule has 0 unspecified atom stereocenters. The fourth-order valence-electron chi connectivity index (χ4n) is 8.02. The normalized spacial score (nSPS) is 19.0. The molecule has 2 nitrogen and oxygen atoms in total. The molecule has 198 valence electrons. The van der Waals surface area contributed by atoms with Gasteiger partial charge in [0.1, 0.15) is 0 Å².